The average Bonchev–Trinajstić information content (AvgIpc) is 2.78. The Morgan fingerprint density at radius 3 is 2.06 bits per heavy atom. The number of hydrogen-bond acceptors (Lipinski definition) is 4. The summed E-state index contributed by atoms with van der Waals surface area (Å²) in [6.07, 6.45) is 0. The molecule has 0 unspecified atom stereocenters. The number of nitrogens with zero attached hydrogens (tertiary/aromatic N) is 1. The number of carbonyl (C=O) groups excluding carboxylic acids is 1. The zero-order valence-corrected chi connectivity index (χ0v) is 18.5. The molecule has 0 fully saturated rings. The molecule has 3 aromatic rings. The van der Waals surface area contributed by atoms with Crippen molar-refractivity contribution < 1.29 is 14.3 Å². The van der Waals surface area contributed by atoms with E-state index in [1.54, 1.807) is 7.11 Å². The van der Waals surface area contributed by atoms with E-state index in [0.29, 0.717) is 24.5 Å². The predicted molar refractivity (Wildman–Crippen MR) is 127 cm³/mol. The molecular formula is C25H26N2O3S. The number of hydrogen-bond donors (Lipinski definition) is 1. The van der Waals surface area contributed by atoms with Crippen LogP contribution in [-0.2, 0) is 22.6 Å². The molecule has 160 valence electrons. The fraction of sp³-hybridized carbons (Fsp3) is 0.200. The van der Waals surface area contributed by atoms with Crippen LogP contribution in [-0.4, -0.2) is 29.7 Å². The van der Waals surface area contributed by atoms with E-state index >= 15 is 0 Å². The van der Waals surface area contributed by atoms with Crippen LogP contribution in [0, 0.1) is 6.92 Å². The van der Waals surface area contributed by atoms with Gasteiger partial charge in [0.05, 0.1) is 12.8 Å². The number of rotatable bonds is 8. The third kappa shape index (κ3) is 6.83. The van der Waals surface area contributed by atoms with Crippen LogP contribution in [0.3, 0.4) is 0 Å². The summed E-state index contributed by atoms with van der Waals surface area (Å²) in [5, 5.41) is 3.11. The van der Waals surface area contributed by atoms with Crippen LogP contribution >= 0.6 is 12.2 Å². The molecule has 0 saturated carbocycles. The highest BCUT2D eigenvalue weighted by molar-refractivity contribution is 7.80. The Morgan fingerprint density at radius 1 is 0.935 bits per heavy atom. The van der Waals surface area contributed by atoms with E-state index in [9.17, 15) is 4.79 Å². The van der Waals surface area contributed by atoms with Crippen molar-refractivity contribution in [2.24, 2.45) is 0 Å². The van der Waals surface area contributed by atoms with Gasteiger partial charge < -0.3 is 19.7 Å². The molecule has 3 aromatic carbocycles. The number of nitrogens with one attached hydrogen (secondary N) is 1. The highest BCUT2D eigenvalue weighted by Gasteiger charge is 2.15. The van der Waals surface area contributed by atoms with Gasteiger partial charge in [-0.2, -0.15) is 0 Å². The quantitative estimate of drug-likeness (QED) is 0.509. The first-order valence-corrected chi connectivity index (χ1v) is 10.4. The number of benzene rings is 3. The van der Waals surface area contributed by atoms with Gasteiger partial charge in [0.15, 0.2) is 6.61 Å². The van der Waals surface area contributed by atoms with E-state index in [1.165, 1.54) is 0 Å². The zero-order valence-electron chi connectivity index (χ0n) is 17.7. The normalized spacial score (nSPS) is 10.3. The van der Waals surface area contributed by atoms with Crippen molar-refractivity contribution in [1.82, 2.24) is 4.90 Å². The molecule has 0 radical (unpaired) electrons. The second kappa shape index (κ2) is 11.1. The predicted octanol–water partition coefficient (Wildman–Crippen LogP) is 4.95. The molecule has 0 saturated heterocycles. The van der Waals surface area contributed by atoms with Gasteiger partial charge in [0.25, 0.3) is 11.1 Å². The van der Waals surface area contributed by atoms with E-state index in [0.717, 1.165) is 16.7 Å². The van der Waals surface area contributed by atoms with Gasteiger partial charge >= 0.3 is 0 Å². The topological polar surface area (TPSA) is 50.8 Å². The van der Waals surface area contributed by atoms with Gasteiger partial charge in [0.1, 0.15) is 5.75 Å². The minimum absolute atomic E-state index is 0.185. The van der Waals surface area contributed by atoms with Crippen LogP contribution in [0.25, 0.3) is 0 Å². The molecule has 3 rings (SSSR count). The monoisotopic (exact) mass is 434 g/mol. The SMILES string of the molecule is COc1ccc(C)cc1NC(=O)COC(=S)N(Cc1ccccc1)Cc1ccccc1. The Kier molecular flexibility index (Phi) is 8.01. The lowest BCUT2D eigenvalue weighted by molar-refractivity contribution is -0.118. The summed E-state index contributed by atoms with van der Waals surface area (Å²) in [6, 6.07) is 25.7. The number of methoxy groups -OCH3 is 1. The van der Waals surface area contributed by atoms with Crippen LogP contribution in [0.2, 0.25) is 0 Å². The second-order valence-electron chi connectivity index (χ2n) is 7.13. The maximum Gasteiger partial charge on any atom is 0.262 e. The number of anilines is 1. The minimum atomic E-state index is -0.300. The summed E-state index contributed by atoms with van der Waals surface area (Å²) in [4.78, 5) is 14.4. The van der Waals surface area contributed by atoms with E-state index in [4.69, 9.17) is 21.7 Å². The molecule has 0 aliphatic rings. The molecule has 0 aliphatic heterocycles. The van der Waals surface area contributed by atoms with E-state index in [2.05, 4.69) is 5.32 Å². The number of aryl methyl sites for hydroxylation is 1. The molecular weight excluding hydrogens is 408 g/mol. The Balaban J connectivity index is 1.64. The third-order valence-corrected chi connectivity index (χ3v) is 5.02. The summed E-state index contributed by atoms with van der Waals surface area (Å²) in [5.74, 6) is 0.293. The van der Waals surface area contributed by atoms with Gasteiger partial charge in [0.2, 0.25) is 0 Å². The Hall–Kier alpha value is -3.38. The highest BCUT2D eigenvalue weighted by Crippen LogP contribution is 2.25. The van der Waals surface area contributed by atoms with Crippen molar-refractivity contribution >= 4 is 29.0 Å². The third-order valence-electron chi connectivity index (χ3n) is 4.65. The Bertz CT molecular complexity index is 968. The van der Waals surface area contributed by atoms with E-state index < -0.39 is 0 Å². The zero-order chi connectivity index (χ0) is 22.1. The first kappa shape index (κ1) is 22.3. The van der Waals surface area contributed by atoms with Gasteiger partial charge in [-0.1, -0.05) is 66.7 Å². The lowest BCUT2D eigenvalue weighted by Crippen LogP contribution is -2.33. The smallest absolute Gasteiger partial charge is 0.262 e. The molecule has 0 aromatic heterocycles. The summed E-state index contributed by atoms with van der Waals surface area (Å²) in [6.45, 7) is 2.94. The number of thiocarbonyl (C=S) groups is 1. The number of amides is 1. The number of ether oxygens (including phenoxy) is 2. The summed E-state index contributed by atoms with van der Waals surface area (Å²) in [5.41, 5.74) is 3.84. The molecule has 1 N–H and O–H groups in total. The van der Waals surface area contributed by atoms with Crippen molar-refractivity contribution in [2.75, 3.05) is 19.0 Å². The van der Waals surface area contributed by atoms with Crippen molar-refractivity contribution in [3.05, 3.63) is 95.6 Å². The van der Waals surface area contributed by atoms with Crippen molar-refractivity contribution in [1.29, 1.82) is 0 Å². The lowest BCUT2D eigenvalue weighted by atomic mass is 10.2. The van der Waals surface area contributed by atoms with Crippen molar-refractivity contribution in [3.8, 4) is 5.75 Å². The van der Waals surface area contributed by atoms with Crippen molar-refractivity contribution in [3.63, 3.8) is 0 Å². The fourth-order valence-electron chi connectivity index (χ4n) is 3.12. The van der Waals surface area contributed by atoms with Gasteiger partial charge in [-0.05, 0) is 48.0 Å². The summed E-state index contributed by atoms with van der Waals surface area (Å²) in [7, 11) is 1.57. The molecule has 0 heterocycles. The van der Waals surface area contributed by atoms with Crippen LogP contribution in [0.4, 0.5) is 5.69 Å². The number of carbonyl (C=O) groups is 1. The van der Waals surface area contributed by atoms with Crippen LogP contribution in [0.15, 0.2) is 78.9 Å². The molecule has 6 heteroatoms. The van der Waals surface area contributed by atoms with E-state index in [-0.39, 0.29) is 17.7 Å². The molecule has 0 aliphatic carbocycles. The maximum atomic E-state index is 12.5. The molecule has 1 amide bonds. The molecule has 5 nitrogen and oxygen atoms in total. The minimum Gasteiger partial charge on any atom is -0.495 e. The summed E-state index contributed by atoms with van der Waals surface area (Å²) >= 11 is 5.53. The largest absolute Gasteiger partial charge is 0.495 e. The first-order valence-electron chi connectivity index (χ1n) is 9.99. The second-order valence-corrected chi connectivity index (χ2v) is 7.48. The van der Waals surface area contributed by atoms with Crippen LogP contribution in [0.1, 0.15) is 16.7 Å². The summed E-state index contributed by atoms with van der Waals surface area (Å²) < 4.78 is 11.0. The fourth-order valence-corrected chi connectivity index (χ4v) is 3.31. The molecule has 0 bridgehead atoms. The maximum absolute atomic E-state index is 12.5. The van der Waals surface area contributed by atoms with E-state index in [1.807, 2.05) is 90.7 Å². The first-order chi connectivity index (χ1) is 15.0. The lowest BCUT2D eigenvalue weighted by Gasteiger charge is -2.25. The average molecular weight is 435 g/mol. The van der Waals surface area contributed by atoms with Crippen LogP contribution < -0.4 is 10.1 Å². The highest BCUT2D eigenvalue weighted by atomic mass is 32.1. The van der Waals surface area contributed by atoms with Gasteiger partial charge in [-0.3, -0.25) is 4.79 Å². The van der Waals surface area contributed by atoms with Crippen LogP contribution in [0.5, 0.6) is 5.75 Å². The Morgan fingerprint density at radius 2 is 1.52 bits per heavy atom. The molecule has 0 spiro atoms. The molecule has 31 heavy (non-hydrogen) atoms. The van der Waals surface area contributed by atoms with Gasteiger partial charge in [0, 0.05) is 13.1 Å². The van der Waals surface area contributed by atoms with Gasteiger partial charge in [-0.25, -0.2) is 0 Å². The van der Waals surface area contributed by atoms with Gasteiger partial charge in [-0.15, -0.1) is 0 Å². The standard InChI is InChI=1S/C25H26N2O3S/c1-19-13-14-23(29-2)22(15-19)26-24(28)18-30-25(31)27(16-20-9-5-3-6-10-20)17-21-11-7-4-8-12-21/h3-15H,16-18H2,1-2H3,(H,26,28). The van der Waals surface area contributed by atoms with Crippen molar-refractivity contribution in [2.45, 2.75) is 20.0 Å². The molecule has 0 atom stereocenters. The Labute approximate surface area is 188 Å².